The Balaban J connectivity index is 2.05. The molecule has 21 heavy (non-hydrogen) atoms. The lowest BCUT2D eigenvalue weighted by Crippen LogP contribution is -2.16. The standard InChI is InChI=1S/C16H18N4O/c1-16(2,3)15-19-14(20-21-15)12(17)11-8-4-6-10-7-5-9-18-13(10)11/h4-9,12H,17H2,1-3H3. The Morgan fingerprint density at radius 2 is 1.90 bits per heavy atom. The van der Waals surface area contributed by atoms with Crippen LogP contribution in [0.25, 0.3) is 10.9 Å². The number of rotatable bonds is 2. The van der Waals surface area contributed by atoms with Gasteiger partial charge in [0.2, 0.25) is 5.89 Å². The molecule has 0 fully saturated rings. The Morgan fingerprint density at radius 3 is 2.62 bits per heavy atom. The molecule has 3 aromatic rings. The van der Waals surface area contributed by atoms with Crippen LogP contribution in [0.3, 0.4) is 0 Å². The Bertz CT molecular complexity index is 768. The summed E-state index contributed by atoms with van der Waals surface area (Å²) in [5.74, 6) is 1.07. The minimum Gasteiger partial charge on any atom is -0.339 e. The molecule has 5 heteroatoms. The van der Waals surface area contributed by atoms with Gasteiger partial charge in [0.15, 0.2) is 5.82 Å². The highest BCUT2D eigenvalue weighted by Gasteiger charge is 2.25. The van der Waals surface area contributed by atoms with Gasteiger partial charge in [-0.2, -0.15) is 4.98 Å². The summed E-state index contributed by atoms with van der Waals surface area (Å²) in [4.78, 5) is 8.85. The number of hydrogen-bond acceptors (Lipinski definition) is 5. The largest absolute Gasteiger partial charge is 0.339 e. The lowest BCUT2D eigenvalue weighted by molar-refractivity contribution is 0.317. The first-order chi connectivity index (χ1) is 9.97. The molecule has 2 heterocycles. The second-order valence-corrected chi connectivity index (χ2v) is 6.11. The van der Waals surface area contributed by atoms with Gasteiger partial charge >= 0.3 is 0 Å². The minimum absolute atomic E-state index is 0.192. The summed E-state index contributed by atoms with van der Waals surface area (Å²) in [6, 6.07) is 9.38. The molecule has 5 nitrogen and oxygen atoms in total. The Labute approximate surface area is 123 Å². The molecule has 2 aromatic heterocycles. The predicted octanol–water partition coefficient (Wildman–Crippen LogP) is 2.96. The van der Waals surface area contributed by atoms with E-state index < -0.39 is 6.04 Å². The van der Waals surface area contributed by atoms with E-state index in [4.69, 9.17) is 10.3 Å². The smallest absolute Gasteiger partial charge is 0.232 e. The normalized spacial score (nSPS) is 13.5. The first-order valence-electron chi connectivity index (χ1n) is 6.90. The lowest BCUT2D eigenvalue weighted by Gasteiger charge is -2.12. The molecule has 108 valence electrons. The summed E-state index contributed by atoms with van der Waals surface area (Å²) in [6.45, 7) is 6.07. The highest BCUT2D eigenvalue weighted by atomic mass is 16.5. The van der Waals surface area contributed by atoms with Crippen molar-refractivity contribution in [2.75, 3.05) is 0 Å². The zero-order valence-electron chi connectivity index (χ0n) is 12.4. The molecule has 0 saturated heterocycles. The van der Waals surface area contributed by atoms with Crippen molar-refractivity contribution in [3.05, 3.63) is 53.8 Å². The van der Waals surface area contributed by atoms with Crippen LogP contribution >= 0.6 is 0 Å². The third-order valence-electron chi connectivity index (χ3n) is 3.36. The van der Waals surface area contributed by atoms with Gasteiger partial charge in [0.25, 0.3) is 0 Å². The highest BCUT2D eigenvalue weighted by Crippen LogP contribution is 2.26. The third kappa shape index (κ3) is 2.52. The fourth-order valence-electron chi connectivity index (χ4n) is 2.18. The maximum Gasteiger partial charge on any atom is 0.232 e. The first kappa shape index (κ1) is 13.7. The molecule has 0 radical (unpaired) electrons. The van der Waals surface area contributed by atoms with Gasteiger partial charge in [-0.1, -0.05) is 50.2 Å². The summed E-state index contributed by atoms with van der Waals surface area (Å²) in [6.07, 6.45) is 1.76. The number of fused-ring (bicyclic) bond motifs is 1. The second-order valence-electron chi connectivity index (χ2n) is 6.11. The van der Waals surface area contributed by atoms with Crippen molar-refractivity contribution in [3.63, 3.8) is 0 Å². The summed E-state index contributed by atoms with van der Waals surface area (Å²) >= 11 is 0. The third-order valence-corrected chi connectivity index (χ3v) is 3.36. The molecule has 0 aliphatic carbocycles. The molecule has 0 saturated carbocycles. The number of hydrogen-bond donors (Lipinski definition) is 1. The Kier molecular flexibility index (Phi) is 3.22. The molecule has 1 unspecified atom stereocenters. The van der Waals surface area contributed by atoms with E-state index in [1.165, 1.54) is 0 Å². The van der Waals surface area contributed by atoms with Crippen molar-refractivity contribution >= 4 is 10.9 Å². The number of benzene rings is 1. The van der Waals surface area contributed by atoms with Crippen LogP contribution in [0.2, 0.25) is 0 Å². The van der Waals surface area contributed by atoms with E-state index in [0.717, 1.165) is 16.5 Å². The molecule has 0 amide bonds. The van der Waals surface area contributed by atoms with Gasteiger partial charge < -0.3 is 10.3 Å². The first-order valence-corrected chi connectivity index (χ1v) is 6.90. The van der Waals surface area contributed by atoms with Gasteiger partial charge in [0.05, 0.1) is 11.6 Å². The Morgan fingerprint density at radius 1 is 1.14 bits per heavy atom. The summed E-state index contributed by atoms with van der Waals surface area (Å²) in [7, 11) is 0. The van der Waals surface area contributed by atoms with Crippen molar-refractivity contribution in [1.29, 1.82) is 0 Å². The summed E-state index contributed by atoms with van der Waals surface area (Å²) < 4.78 is 5.32. The second kappa shape index (κ2) is 4.93. The molecule has 3 rings (SSSR count). The van der Waals surface area contributed by atoms with Gasteiger partial charge in [0, 0.05) is 22.6 Å². The van der Waals surface area contributed by atoms with Crippen molar-refractivity contribution in [2.45, 2.75) is 32.2 Å². The Hall–Kier alpha value is -2.27. The molecule has 0 spiro atoms. The number of para-hydroxylation sites is 1. The van der Waals surface area contributed by atoms with Crippen LogP contribution in [-0.4, -0.2) is 15.1 Å². The van der Waals surface area contributed by atoms with Crippen molar-refractivity contribution in [1.82, 2.24) is 15.1 Å². The fraction of sp³-hybridized carbons (Fsp3) is 0.312. The monoisotopic (exact) mass is 282 g/mol. The summed E-state index contributed by atoms with van der Waals surface area (Å²) in [5, 5.41) is 5.07. The number of aromatic nitrogens is 3. The molecule has 0 aliphatic heterocycles. The number of nitrogens with zero attached hydrogens (tertiary/aromatic N) is 3. The van der Waals surface area contributed by atoms with E-state index >= 15 is 0 Å². The van der Waals surface area contributed by atoms with Gasteiger partial charge in [0.1, 0.15) is 0 Å². The highest BCUT2D eigenvalue weighted by molar-refractivity contribution is 5.82. The minimum atomic E-state index is -0.455. The van der Waals surface area contributed by atoms with Crippen molar-refractivity contribution < 1.29 is 4.52 Å². The van der Waals surface area contributed by atoms with E-state index in [-0.39, 0.29) is 5.41 Å². The maximum absolute atomic E-state index is 6.31. The summed E-state index contributed by atoms with van der Waals surface area (Å²) in [5.41, 5.74) is 7.89. The zero-order chi connectivity index (χ0) is 15.0. The fourth-order valence-corrected chi connectivity index (χ4v) is 2.18. The van der Waals surface area contributed by atoms with Gasteiger partial charge in [-0.25, -0.2) is 0 Å². The molecular weight excluding hydrogens is 264 g/mol. The number of nitrogens with two attached hydrogens (primary N) is 1. The van der Waals surface area contributed by atoms with Crippen molar-refractivity contribution in [2.24, 2.45) is 5.73 Å². The SMILES string of the molecule is CC(C)(C)c1nc(C(N)c2cccc3cccnc23)no1. The van der Waals surface area contributed by atoms with Crippen LogP contribution in [0, 0.1) is 0 Å². The van der Waals surface area contributed by atoms with E-state index in [2.05, 4.69) is 15.1 Å². The van der Waals surface area contributed by atoms with Crippen LogP contribution < -0.4 is 5.73 Å². The lowest BCUT2D eigenvalue weighted by atomic mass is 9.97. The van der Waals surface area contributed by atoms with Crippen molar-refractivity contribution in [3.8, 4) is 0 Å². The maximum atomic E-state index is 6.31. The average molecular weight is 282 g/mol. The van der Waals surface area contributed by atoms with Gasteiger partial charge in [-0.05, 0) is 6.07 Å². The van der Waals surface area contributed by atoms with Crippen LogP contribution in [0.1, 0.15) is 44.1 Å². The topological polar surface area (TPSA) is 77.8 Å². The van der Waals surface area contributed by atoms with E-state index in [0.29, 0.717) is 11.7 Å². The molecular formula is C16H18N4O. The predicted molar refractivity (Wildman–Crippen MR) is 80.8 cm³/mol. The number of pyridine rings is 1. The van der Waals surface area contributed by atoms with E-state index in [1.807, 2.05) is 51.1 Å². The molecule has 0 aliphatic rings. The van der Waals surface area contributed by atoms with E-state index in [1.54, 1.807) is 6.20 Å². The average Bonchev–Trinajstić information content (AvgIpc) is 2.96. The van der Waals surface area contributed by atoms with Crippen LogP contribution in [0.4, 0.5) is 0 Å². The zero-order valence-corrected chi connectivity index (χ0v) is 12.4. The van der Waals surface area contributed by atoms with Gasteiger partial charge in [-0.15, -0.1) is 0 Å². The van der Waals surface area contributed by atoms with Crippen LogP contribution in [0.15, 0.2) is 41.1 Å². The molecule has 1 atom stereocenters. The molecule has 2 N–H and O–H groups in total. The molecule has 1 aromatic carbocycles. The quantitative estimate of drug-likeness (QED) is 0.781. The van der Waals surface area contributed by atoms with Crippen LogP contribution in [-0.2, 0) is 5.41 Å². The molecule has 0 bridgehead atoms. The van der Waals surface area contributed by atoms with E-state index in [9.17, 15) is 0 Å². The van der Waals surface area contributed by atoms with Gasteiger partial charge in [-0.3, -0.25) is 4.98 Å². The van der Waals surface area contributed by atoms with Crippen LogP contribution in [0.5, 0.6) is 0 Å².